The maximum Gasteiger partial charge on any atom is 0.248 e. The minimum Gasteiger partial charge on any atom is -0.366 e. The number of anilines is 1. The number of amides is 2. The second-order valence-corrected chi connectivity index (χ2v) is 8.82. The molecular formula is C25H22N8O2. The number of carbonyl (C=O) groups is 2. The van der Waals surface area contributed by atoms with Gasteiger partial charge in [0.15, 0.2) is 17.1 Å². The molecule has 1 fully saturated rings. The molecule has 1 atom stereocenters. The molecule has 1 unspecified atom stereocenters. The van der Waals surface area contributed by atoms with Crippen LogP contribution in [-0.4, -0.2) is 41.0 Å². The van der Waals surface area contributed by atoms with Gasteiger partial charge in [-0.2, -0.15) is 5.10 Å². The minimum atomic E-state index is -0.457. The molecule has 4 heterocycles. The highest BCUT2D eigenvalue weighted by molar-refractivity contribution is 5.93. The van der Waals surface area contributed by atoms with E-state index in [0.29, 0.717) is 17.0 Å². The number of imidazole rings is 1. The van der Waals surface area contributed by atoms with Gasteiger partial charge in [-0.15, -0.1) is 10.2 Å². The molecule has 1 aromatic carbocycles. The van der Waals surface area contributed by atoms with E-state index in [-0.39, 0.29) is 17.7 Å². The van der Waals surface area contributed by atoms with Gasteiger partial charge in [0.05, 0.1) is 17.8 Å². The molecule has 1 saturated carbocycles. The number of hydrogen-bond acceptors (Lipinski definition) is 6. The van der Waals surface area contributed by atoms with Gasteiger partial charge in [-0.1, -0.05) is 12.1 Å². The van der Waals surface area contributed by atoms with Crippen LogP contribution in [0.2, 0.25) is 0 Å². The Balaban J connectivity index is 1.31. The summed E-state index contributed by atoms with van der Waals surface area (Å²) in [6, 6.07) is 14.8. The van der Waals surface area contributed by atoms with Crippen LogP contribution < -0.4 is 11.1 Å². The Kier molecular flexibility index (Phi) is 4.80. The van der Waals surface area contributed by atoms with Gasteiger partial charge in [0.2, 0.25) is 11.8 Å². The molecule has 0 radical (unpaired) electrons. The number of nitrogens with zero attached hydrogens (tertiary/aromatic N) is 6. The summed E-state index contributed by atoms with van der Waals surface area (Å²) < 4.78 is 3.62. The fourth-order valence-corrected chi connectivity index (χ4v) is 4.10. The van der Waals surface area contributed by atoms with Crippen LogP contribution >= 0.6 is 0 Å². The first-order chi connectivity index (χ1) is 17.0. The highest BCUT2D eigenvalue weighted by Gasteiger charge is 2.30. The van der Waals surface area contributed by atoms with Crippen molar-refractivity contribution in [2.45, 2.75) is 25.7 Å². The van der Waals surface area contributed by atoms with E-state index < -0.39 is 5.91 Å². The second kappa shape index (κ2) is 8.01. The second-order valence-electron chi connectivity index (χ2n) is 8.82. The van der Waals surface area contributed by atoms with Crippen LogP contribution in [0.1, 0.15) is 47.6 Å². The molecule has 174 valence electrons. The Morgan fingerprint density at radius 1 is 0.971 bits per heavy atom. The third kappa shape index (κ3) is 3.88. The van der Waals surface area contributed by atoms with Crippen LogP contribution in [0.5, 0.6) is 0 Å². The molecular weight excluding hydrogens is 444 g/mol. The summed E-state index contributed by atoms with van der Waals surface area (Å²) >= 11 is 0. The van der Waals surface area contributed by atoms with Crippen LogP contribution in [0.15, 0.2) is 60.9 Å². The third-order valence-electron chi connectivity index (χ3n) is 6.30. The van der Waals surface area contributed by atoms with E-state index in [2.05, 4.69) is 20.5 Å². The van der Waals surface area contributed by atoms with E-state index in [4.69, 9.17) is 10.8 Å². The SMILES string of the molecule is CC(c1ccc2nc(NC(=O)C3CC3)cn2n1)c1nnc2ccc(-c3ccc(C(N)=O)cc3)cn12. The van der Waals surface area contributed by atoms with Crippen molar-refractivity contribution in [3.05, 3.63) is 78.0 Å². The number of primary amides is 1. The Hall–Kier alpha value is -4.60. The zero-order chi connectivity index (χ0) is 24.1. The molecule has 35 heavy (non-hydrogen) atoms. The number of carbonyl (C=O) groups excluding carboxylic acids is 2. The zero-order valence-electron chi connectivity index (χ0n) is 18.9. The van der Waals surface area contributed by atoms with E-state index in [1.165, 1.54) is 0 Å². The van der Waals surface area contributed by atoms with Crippen molar-refractivity contribution in [2.75, 3.05) is 5.32 Å². The number of aromatic nitrogens is 6. The van der Waals surface area contributed by atoms with E-state index in [1.54, 1.807) is 22.8 Å². The lowest BCUT2D eigenvalue weighted by atomic mass is 10.0. The van der Waals surface area contributed by atoms with Crippen molar-refractivity contribution in [1.29, 1.82) is 0 Å². The van der Waals surface area contributed by atoms with Crippen molar-refractivity contribution in [3.8, 4) is 11.1 Å². The Morgan fingerprint density at radius 2 is 1.71 bits per heavy atom. The van der Waals surface area contributed by atoms with Crippen molar-refractivity contribution < 1.29 is 9.59 Å². The smallest absolute Gasteiger partial charge is 0.248 e. The van der Waals surface area contributed by atoms with Crippen molar-refractivity contribution in [2.24, 2.45) is 11.7 Å². The number of benzene rings is 1. The summed E-state index contributed by atoms with van der Waals surface area (Å²) in [7, 11) is 0. The molecule has 0 aliphatic heterocycles. The monoisotopic (exact) mass is 466 g/mol. The highest BCUT2D eigenvalue weighted by Crippen LogP contribution is 2.30. The van der Waals surface area contributed by atoms with Gasteiger partial charge in [-0.05, 0) is 67.3 Å². The summed E-state index contributed by atoms with van der Waals surface area (Å²) in [6.07, 6.45) is 5.57. The molecule has 0 bridgehead atoms. The number of nitrogens with one attached hydrogen (secondary N) is 1. The number of fused-ring (bicyclic) bond motifs is 2. The highest BCUT2D eigenvalue weighted by atomic mass is 16.2. The van der Waals surface area contributed by atoms with Crippen molar-refractivity contribution >= 4 is 28.9 Å². The Labute approximate surface area is 199 Å². The molecule has 1 aliphatic rings. The normalized spacial score (nSPS) is 14.3. The molecule has 2 amide bonds. The van der Waals surface area contributed by atoms with Crippen LogP contribution in [0.25, 0.3) is 22.4 Å². The van der Waals surface area contributed by atoms with Gasteiger partial charge in [0.1, 0.15) is 5.82 Å². The maximum absolute atomic E-state index is 12.1. The van der Waals surface area contributed by atoms with E-state index >= 15 is 0 Å². The van der Waals surface area contributed by atoms with E-state index in [9.17, 15) is 9.59 Å². The first-order valence-corrected chi connectivity index (χ1v) is 11.4. The number of rotatable bonds is 6. The van der Waals surface area contributed by atoms with Gasteiger partial charge in [0.25, 0.3) is 0 Å². The van der Waals surface area contributed by atoms with Crippen LogP contribution in [-0.2, 0) is 4.79 Å². The predicted molar refractivity (Wildman–Crippen MR) is 129 cm³/mol. The lowest BCUT2D eigenvalue weighted by molar-refractivity contribution is -0.117. The quantitative estimate of drug-likeness (QED) is 0.395. The lowest BCUT2D eigenvalue weighted by Crippen LogP contribution is -2.13. The summed E-state index contributed by atoms with van der Waals surface area (Å²) in [5.74, 6) is 0.743. The van der Waals surface area contributed by atoms with Gasteiger partial charge in [-0.25, -0.2) is 9.50 Å². The summed E-state index contributed by atoms with van der Waals surface area (Å²) in [5.41, 5.74) is 9.88. The molecule has 1 aliphatic carbocycles. The minimum absolute atomic E-state index is 0.0111. The summed E-state index contributed by atoms with van der Waals surface area (Å²) in [5, 5.41) is 16.3. The van der Waals surface area contributed by atoms with E-state index in [0.717, 1.165) is 41.1 Å². The Bertz CT molecular complexity index is 1600. The summed E-state index contributed by atoms with van der Waals surface area (Å²) in [4.78, 5) is 27.9. The van der Waals surface area contributed by atoms with Gasteiger partial charge in [-0.3, -0.25) is 14.0 Å². The van der Waals surface area contributed by atoms with Gasteiger partial charge >= 0.3 is 0 Å². The molecule has 5 aromatic rings. The first kappa shape index (κ1) is 21.0. The standard InChI is InChI=1S/C25H22N8O2/c1-14(19-9-11-21-27-20(13-33(21)31-19)28-25(35)17-6-7-17)24-30-29-22-10-8-18(12-32(22)24)15-2-4-16(5-3-15)23(26)34/h2-5,8-14,17H,6-7H2,1H3,(H2,26,34)(H,28,35). The maximum atomic E-state index is 12.1. The third-order valence-corrected chi connectivity index (χ3v) is 6.30. The molecule has 0 saturated heterocycles. The van der Waals surface area contributed by atoms with Crippen LogP contribution in [0, 0.1) is 5.92 Å². The fourth-order valence-electron chi connectivity index (χ4n) is 4.10. The molecule has 10 heteroatoms. The van der Waals surface area contributed by atoms with E-state index in [1.807, 2.05) is 53.9 Å². The first-order valence-electron chi connectivity index (χ1n) is 11.4. The fraction of sp³-hybridized carbons (Fsp3) is 0.200. The molecule has 4 aromatic heterocycles. The van der Waals surface area contributed by atoms with Gasteiger partial charge < -0.3 is 11.1 Å². The largest absolute Gasteiger partial charge is 0.366 e. The zero-order valence-corrected chi connectivity index (χ0v) is 18.9. The molecule has 6 rings (SSSR count). The number of pyridine rings is 1. The topological polar surface area (TPSA) is 133 Å². The molecule has 10 nitrogen and oxygen atoms in total. The van der Waals surface area contributed by atoms with Crippen LogP contribution in [0.3, 0.4) is 0 Å². The van der Waals surface area contributed by atoms with Crippen molar-refractivity contribution in [1.82, 2.24) is 29.2 Å². The molecule has 0 spiro atoms. The average Bonchev–Trinajstić information content (AvgIpc) is 3.52. The lowest BCUT2D eigenvalue weighted by Gasteiger charge is -2.10. The number of nitrogens with two attached hydrogens (primary N) is 1. The average molecular weight is 467 g/mol. The predicted octanol–water partition coefficient (Wildman–Crippen LogP) is 3.04. The van der Waals surface area contributed by atoms with Crippen molar-refractivity contribution in [3.63, 3.8) is 0 Å². The van der Waals surface area contributed by atoms with Crippen LogP contribution in [0.4, 0.5) is 5.82 Å². The summed E-state index contributed by atoms with van der Waals surface area (Å²) in [6.45, 7) is 2.02. The van der Waals surface area contributed by atoms with Gasteiger partial charge in [0, 0.05) is 17.7 Å². The molecule has 3 N–H and O–H groups in total. The number of hydrogen-bond donors (Lipinski definition) is 2. The Morgan fingerprint density at radius 3 is 2.46 bits per heavy atom.